The summed E-state index contributed by atoms with van der Waals surface area (Å²) in [5.74, 6) is -1.79. The zero-order valence-electron chi connectivity index (χ0n) is 10.7. The first kappa shape index (κ1) is 15.5. The van der Waals surface area contributed by atoms with E-state index in [4.69, 9.17) is 15.6 Å². The van der Waals surface area contributed by atoms with E-state index in [0.717, 1.165) is 5.56 Å². The quantitative estimate of drug-likeness (QED) is 0.578. The van der Waals surface area contributed by atoms with Crippen LogP contribution in [0.5, 0.6) is 0 Å². The van der Waals surface area contributed by atoms with Gasteiger partial charge in [-0.2, -0.15) is 11.8 Å². The number of carboxylic acid groups (broad SMARTS) is 1. The number of rotatable bonds is 7. The Morgan fingerprint density at radius 2 is 2.00 bits per heavy atom. The molecule has 0 amide bonds. The number of esters is 1. The topological polar surface area (TPSA) is 89.6 Å². The van der Waals surface area contributed by atoms with Crippen molar-refractivity contribution >= 4 is 23.7 Å². The van der Waals surface area contributed by atoms with Crippen molar-refractivity contribution in [2.24, 2.45) is 5.73 Å². The molecule has 1 atom stereocenters. The van der Waals surface area contributed by atoms with E-state index in [-0.39, 0.29) is 13.0 Å². The highest BCUT2D eigenvalue weighted by Gasteiger charge is 2.43. The van der Waals surface area contributed by atoms with Gasteiger partial charge in [-0.3, -0.25) is 0 Å². The Bertz CT molecular complexity index is 438. The molecule has 0 aliphatic rings. The van der Waals surface area contributed by atoms with Crippen LogP contribution in [-0.2, 0) is 20.9 Å². The zero-order chi connectivity index (χ0) is 14.3. The second-order valence-corrected chi connectivity index (χ2v) is 5.07. The zero-order valence-corrected chi connectivity index (χ0v) is 11.5. The Kier molecular flexibility index (Phi) is 5.85. The molecular weight excluding hydrogens is 266 g/mol. The van der Waals surface area contributed by atoms with Crippen molar-refractivity contribution in [1.29, 1.82) is 0 Å². The van der Waals surface area contributed by atoms with Gasteiger partial charge < -0.3 is 15.6 Å². The fourth-order valence-electron chi connectivity index (χ4n) is 1.41. The summed E-state index contributed by atoms with van der Waals surface area (Å²) in [5.41, 5.74) is 4.46. The maximum atomic E-state index is 11.8. The minimum absolute atomic E-state index is 0.0190. The lowest BCUT2D eigenvalue weighted by Crippen LogP contribution is -2.56. The molecule has 6 heteroatoms. The van der Waals surface area contributed by atoms with Crippen molar-refractivity contribution in [3.05, 3.63) is 35.9 Å². The first-order chi connectivity index (χ1) is 9.00. The number of aliphatic carboxylic acids is 1. The van der Waals surface area contributed by atoms with Crippen LogP contribution in [0.2, 0.25) is 0 Å². The van der Waals surface area contributed by atoms with Gasteiger partial charge in [0.1, 0.15) is 6.61 Å². The molecule has 0 spiro atoms. The van der Waals surface area contributed by atoms with Crippen LogP contribution in [0, 0.1) is 0 Å². The molecule has 0 heterocycles. The highest BCUT2D eigenvalue weighted by Crippen LogP contribution is 2.14. The summed E-state index contributed by atoms with van der Waals surface area (Å²) in [5, 5.41) is 9.09. The van der Waals surface area contributed by atoms with Gasteiger partial charge in [0.2, 0.25) is 5.54 Å². The van der Waals surface area contributed by atoms with Gasteiger partial charge in [0.25, 0.3) is 0 Å². The van der Waals surface area contributed by atoms with Crippen LogP contribution >= 0.6 is 11.8 Å². The van der Waals surface area contributed by atoms with Crippen LogP contribution in [0.25, 0.3) is 0 Å². The number of carbonyl (C=O) groups excluding carboxylic acids is 1. The fourth-order valence-corrected chi connectivity index (χ4v) is 1.94. The summed E-state index contributed by atoms with van der Waals surface area (Å²) >= 11 is 1.43. The van der Waals surface area contributed by atoms with Gasteiger partial charge in [-0.25, -0.2) is 9.59 Å². The predicted molar refractivity (Wildman–Crippen MR) is 73.8 cm³/mol. The molecule has 0 unspecified atom stereocenters. The second kappa shape index (κ2) is 7.16. The van der Waals surface area contributed by atoms with E-state index >= 15 is 0 Å². The lowest BCUT2D eigenvalue weighted by Gasteiger charge is -2.22. The van der Waals surface area contributed by atoms with Crippen molar-refractivity contribution < 1.29 is 19.4 Å². The van der Waals surface area contributed by atoms with Crippen molar-refractivity contribution in [1.82, 2.24) is 0 Å². The summed E-state index contributed by atoms with van der Waals surface area (Å²) in [4.78, 5) is 23.0. The lowest BCUT2D eigenvalue weighted by atomic mass is 9.98. The molecule has 0 saturated carbocycles. The van der Waals surface area contributed by atoms with E-state index in [1.807, 2.05) is 24.5 Å². The average Bonchev–Trinajstić information content (AvgIpc) is 2.42. The Morgan fingerprint density at radius 1 is 1.37 bits per heavy atom. The van der Waals surface area contributed by atoms with Crippen molar-refractivity contribution in [2.75, 3.05) is 12.0 Å². The first-order valence-electron chi connectivity index (χ1n) is 5.73. The third-order valence-corrected chi connectivity index (χ3v) is 3.27. The largest absolute Gasteiger partial charge is 0.479 e. The molecule has 1 aromatic carbocycles. The maximum Gasteiger partial charge on any atom is 0.338 e. The number of carbonyl (C=O) groups is 2. The number of nitrogens with two attached hydrogens (primary N) is 1. The molecule has 0 fully saturated rings. The van der Waals surface area contributed by atoms with Crippen LogP contribution in [0.1, 0.15) is 12.0 Å². The van der Waals surface area contributed by atoms with Crippen molar-refractivity contribution in [3.63, 3.8) is 0 Å². The number of benzene rings is 1. The Labute approximate surface area is 116 Å². The number of thioether (sulfide) groups is 1. The highest BCUT2D eigenvalue weighted by molar-refractivity contribution is 7.98. The smallest absolute Gasteiger partial charge is 0.338 e. The van der Waals surface area contributed by atoms with Gasteiger partial charge in [-0.05, 0) is 24.0 Å². The van der Waals surface area contributed by atoms with Crippen LogP contribution in [0.3, 0.4) is 0 Å². The Balaban J connectivity index is 2.65. The van der Waals surface area contributed by atoms with Gasteiger partial charge in [-0.1, -0.05) is 30.3 Å². The minimum Gasteiger partial charge on any atom is -0.479 e. The minimum atomic E-state index is -1.97. The molecule has 0 saturated heterocycles. The SMILES string of the molecule is CSCC[C@](N)(C(=O)O)C(=O)OCc1ccccc1. The molecule has 0 radical (unpaired) electrons. The molecule has 0 aromatic heterocycles. The standard InChI is InChI=1S/C13H17NO4S/c1-19-8-7-13(14,11(15)16)12(17)18-9-10-5-3-2-4-6-10/h2-6H,7-9,14H2,1H3,(H,15,16)/t13-/m0/s1. The highest BCUT2D eigenvalue weighted by atomic mass is 32.2. The number of hydrogen-bond acceptors (Lipinski definition) is 5. The van der Waals surface area contributed by atoms with E-state index in [1.54, 1.807) is 12.1 Å². The number of hydrogen-bond donors (Lipinski definition) is 2. The Morgan fingerprint density at radius 3 is 2.53 bits per heavy atom. The first-order valence-corrected chi connectivity index (χ1v) is 7.12. The van der Waals surface area contributed by atoms with Crippen LogP contribution < -0.4 is 5.73 Å². The molecule has 104 valence electrons. The van der Waals surface area contributed by atoms with Gasteiger partial charge in [0, 0.05) is 0 Å². The third kappa shape index (κ3) is 4.25. The predicted octanol–water partition coefficient (Wildman–Crippen LogP) is 1.26. The van der Waals surface area contributed by atoms with E-state index in [0.29, 0.717) is 5.75 Å². The van der Waals surface area contributed by atoms with E-state index in [2.05, 4.69) is 0 Å². The van der Waals surface area contributed by atoms with Crippen LogP contribution in [0.4, 0.5) is 0 Å². The summed E-state index contributed by atoms with van der Waals surface area (Å²) in [6.07, 6.45) is 1.86. The number of ether oxygens (including phenoxy) is 1. The van der Waals surface area contributed by atoms with E-state index in [9.17, 15) is 9.59 Å². The summed E-state index contributed by atoms with van der Waals surface area (Å²) in [7, 11) is 0. The molecule has 0 bridgehead atoms. The fraction of sp³-hybridized carbons (Fsp3) is 0.385. The third-order valence-electron chi connectivity index (χ3n) is 2.66. The molecular formula is C13H17NO4S. The number of carboxylic acids is 1. The second-order valence-electron chi connectivity index (χ2n) is 4.08. The molecule has 19 heavy (non-hydrogen) atoms. The van der Waals surface area contributed by atoms with E-state index in [1.165, 1.54) is 11.8 Å². The van der Waals surface area contributed by atoms with Gasteiger partial charge in [-0.15, -0.1) is 0 Å². The normalized spacial score (nSPS) is 13.6. The van der Waals surface area contributed by atoms with Crippen molar-refractivity contribution in [3.8, 4) is 0 Å². The average molecular weight is 283 g/mol. The molecule has 3 N–H and O–H groups in total. The summed E-state index contributed by atoms with van der Waals surface area (Å²) < 4.78 is 5.00. The van der Waals surface area contributed by atoms with Gasteiger partial charge in [0.05, 0.1) is 0 Å². The molecule has 0 aliphatic carbocycles. The van der Waals surface area contributed by atoms with Crippen LogP contribution in [0.15, 0.2) is 30.3 Å². The summed E-state index contributed by atoms with van der Waals surface area (Å²) in [6, 6.07) is 9.03. The molecule has 1 aromatic rings. The summed E-state index contributed by atoms with van der Waals surface area (Å²) in [6.45, 7) is 0.0190. The Hall–Kier alpha value is -1.53. The molecule has 5 nitrogen and oxygen atoms in total. The van der Waals surface area contributed by atoms with E-state index < -0.39 is 17.5 Å². The van der Waals surface area contributed by atoms with Crippen molar-refractivity contribution in [2.45, 2.75) is 18.6 Å². The lowest BCUT2D eigenvalue weighted by molar-refractivity contribution is -0.162. The monoisotopic (exact) mass is 283 g/mol. The molecule has 1 rings (SSSR count). The van der Waals surface area contributed by atoms with Gasteiger partial charge >= 0.3 is 11.9 Å². The molecule has 0 aliphatic heterocycles. The van der Waals surface area contributed by atoms with Crippen LogP contribution in [-0.4, -0.2) is 34.6 Å². The van der Waals surface area contributed by atoms with Gasteiger partial charge in [0.15, 0.2) is 0 Å². The maximum absolute atomic E-state index is 11.8.